The van der Waals surface area contributed by atoms with Crippen molar-refractivity contribution in [3.8, 4) is 5.75 Å². The van der Waals surface area contributed by atoms with Crippen LogP contribution < -0.4 is 4.74 Å². The fourth-order valence-electron chi connectivity index (χ4n) is 2.26. The van der Waals surface area contributed by atoms with Gasteiger partial charge >= 0.3 is 0 Å². The van der Waals surface area contributed by atoms with Crippen LogP contribution in [0.3, 0.4) is 0 Å². The molecule has 2 atom stereocenters. The molecule has 0 aromatic heterocycles. The molecule has 4 heteroatoms. The minimum absolute atomic E-state index is 0. The van der Waals surface area contributed by atoms with Crippen molar-refractivity contribution in [1.82, 2.24) is 4.90 Å². The monoisotopic (exact) mass is 315 g/mol. The van der Waals surface area contributed by atoms with E-state index in [2.05, 4.69) is 38.7 Å². The predicted octanol–water partition coefficient (Wildman–Crippen LogP) is 3.70. The summed E-state index contributed by atoms with van der Waals surface area (Å²) in [6.45, 7) is 11.5. The van der Waals surface area contributed by atoms with E-state index >= 15 is 0 Å². The highest BCUT2D eigenvalue weighted by molar-refractivity contribution is 5.85. The van der Waals surface area contributed by atoms with Gasteiger partial charge in [0.05, 0.1) is 0 Å². The van der Waals surface area contributed by atoms with E-state index < -0.39 is 6.10 Å². The zero-order chi connectivity index (χ0) is 15.0. The quantitative estimate of drug-likeness (QED) is 0.754. The molecular formula is C17H30ClNO2. The summed E-state index contributed by atoms with van der Waals surface area (Å²) in [5, 5.41) is 10.1. The molecule has 21 heavy (non-hydrogen) atoms. The lowest BCUT2D eigenvalue weighted by Gasteiger charge is -2.23. The van der Waals surface area contributed by atoms with Crippen molar-refractivity contribution in [3.05, 3.63) is 29.8 Å². The lowest BCUT2D eigenvalue weighted by atomic mass is 9.98. The van der Waals surface area contributed by atoms with Gasteiger partial charge in [0.25, 0.3) is 0 Å². The van der Waals surface area contributed by atoms with E-state index in [0.29, 0.717) is 19.1 Å². The maximum Gasteiger partial charge on any atom is 0.122 e. The summed E-state index contributed by atoms with van der Waals surface area (Å²) >= 11 is 0. The molecule has 1 N–H and O–H groups in total. The van der Waals surface area contributed by atoms with Crippen LogP contribution in [-0.2, 0) is 0 Å². The Morgan fingerprint density at radius 2 is 1.76 bits per heavy atom. The summed E-state index contributed by atoms with van der Waals surface area (Å²) in [4.78, 5) is 2.20. The van der Waals surface area contributed by atoms with Gasteiger partial charge in [0.1, 0.15) is 18.5 Å². The van der Waals surface area contributed by atoms with Crippen LogP contribution >= 0.6 is 12.4 Å². The first kappa shape index (κ1) is 20.2. The van der Waals surface area contributed by atoms with Crippen LogP contribution in [0.1, 0.15) is 45.6 Å². The average molecular weight is 316 g/mol. The van der Waals surface area contributed by atoms with Crippen LogP contribution in [0.25, 0.3) is 0 Å². The minimum Gasteiger partial charge on any atom is -0.491 e. The van der Waals surface area contributed by atoms with Crippen molar-refractivity contribution in [2.24, 2.45) is 0 Å². The number of para-hydroxylation sites is 1. The maximum atomic E-state index is 10.1. The Bertz CT molecular complexity index is 383. The molecule has 0 fully saturated rings. The molecule has 3 nitrogen and oxygen atoms in total. The van der Waals surface area contributed by atoms with E-state index in [9.17, 15) is 5.11 Å². The highest BCUT2D eigenvalue weighted by Crippen LogP contribution is 2.28. The molecule has 1 rings (SSSR count). The molecule has 122 valence electrons. The van der Waals surface area contributed by atoms with Crippen LogP contribution in [0.4, 0.5) is 0 Å². The van der Waals surface area contributed by atoms with E-state index in [-0.39, 0.29) is 12.4 Å². The van der Waals surface area contributed by atoms with Gasteiger partial charge in [0, 0.05) is 6.54 Å². The van der Waals surface area contributed by atoms with Gasteiger partial charge in [-0.15, -0.1) is 12.4 Å². The molecule has 0 saturated carbocycles. The van der Waals surface area contributed by atoms with Crippen LogP contribution in [0.15, 0.2) is 24.3 Å². The van der Waals surface area contributed by atoms with Crippen molar-refractivity contribution >= 4 is 12.4 Å². The molecule has 0 aliphatic carbocycles. The molecule has 0 saturated heterocycles. The fraction of sp³-hybridized carbons (Fsp3) is 0.647. The molecule has 2 unspecified atom stereocenters. The zero-order valence-electron chi connectivity index (χ0n) is 13.7. The van der Waals surface area contributed by atoms with Gasteiger partial charge in [-0.05, 0) is 37.1 Å². The van der Waals surface area contributed by atoms with Gasteiger partial charge in [-0.25, -0.2) is 0 Å². The second-order valence-corrected chi connectivity index (χ2v) is 5.30. The highest BCUT2D eigenvalue weighted by atomic mass is 35.5. The molecule has 0 amide bonds. The minimum atomic E-state index is -0.445. The second kappa shape index (κ2) is 10.9. The largest absolute Gasteiger partial charge is 0.491 e. The van der Waals surface area contributed by atoms with Crippen molar-refractivity contribution < 1.29 is 9.84 Å². The average Bonchev–Trinajstić information content (AvgIpc) is 2.50. The summed E-state index contributed by atoms with van der Waals surface area (Å²) in [7, 11) is 0. The Labute approximate surface area is 135 Å². The molecular weight excluding hydrogens is 286 g/mol. The molecule has 0 heterocycles. The molecule has 1 aromatic rings. The van der Waals surface area contributed by atoms with Crippen molar-refractivity contribution in [3.63, 3.8) is 0 Å². The first-order valence-electron chi connectivity index (χ1n) is 7.74. The van der Waals surface area contributed by atoms with Gasteiger partial charge in [-0.2, -0.15) is 0 Å². The van der Waals surface area contributed by atoms with Crippen molar-refractivity contribution in [2.45, 2.75) is 46.1 Å². The lowest BCUT2D eigenvalue weighted by molar-refractivity contribution is 0.0711. The van der Waals surface area contributed by atoms with Crippen molar-refractivity contribution in [2.75, 3.05) is 26.2 Å². The number of likely N-dealkylation sites (N-methyl/N-ethyl adjacent to an activating group) is 1. The number of benzene rings is 1. The van der Waals surface area contributed by atoms with E-state index in [0.717, 1.165) is 25.3 Å². The second-order valence-electron chi connectivity index (χ2n) is 5.30. The van der Waals surface area contributed by atoms with E-state index in [1.807, 2.05) is 18.2 Å². The maximum absolute atomic E-state index is 10.1. The Hall–Kier alpha value is -0.770. The summed E-state index contributed by atoms with van der Waals surface area (Å²) in [5.74, 6) is 1.38. The number of aliphatic hydroxyl groups is 1. The summed E-state index contributed by atoms with van der Waals surface area (Å²) in [6, 6.07) is 8.13. The summed E-state index contributed by atoms with van der Waals surface area (Å²) in [5.41, 5.74) is 1.23. The number of hydrogen-bond donors (Lipinski definition) is 1. The van der Waals surface area contributed by atoms with Gasteiger partial charge in [0.2, 0.25) is 0 Å². The third kappa shape index (κ3) is 6.68. The van der Waals surface area contributed by atoms with Gasteiger partial charge < -0.3 is 14.7 Å². The number of nitrogens with zero attached hydrogens (tertiary/aromatic N) is 1. The standard InChI is InChI=1S/C17H29NO2.ClH/c1-5-14(4)16-10-8-9-11-17(16)20-13-15(19)12-18(6-2)7-3;/h8-11,14-15,19H,5-7,12-13H2,1-4H3;1H. The zero-order valence-corrected chi connectivity index (χ0v) is 14.5. The summed E-state index contributed by atoms with van der Waals surface area (Å²) < 4.78 is 5.84. The molecule has 1 aromatic carbocycles. The van der Waals surface area contributed by atoms with E-state index in [1.54, 1.807) is 0 Å². The van der Waals surface area contributed by atoms with E-state index in [4.69, 9.17) is 4.74 Å². The van der Waals surface area contributed by atoms with E-state index in [1.165, 1.54) is 5.56 Å². The third-order valence-electron chi connectivity index (χ3n) is 3.86. The first-order chi connectivity index (χ1) is 9.62. The number of aliphatic hydroxyl groups excluding tert-OH is 1. The molecule has 0 radical (unpaired) electrons. The highest BCUT2D eigenvalue weighted by Gasteiger charge is 2.13. The Morgan fingerprint density at radius 1 is 1.14 bits per heavy atom. The lowest BCUT2D eigenvalue weighted by Crippen LogP contribution is -2.35. The third-order valence-corrected chi connectivity index (χ3v) is 3.86. The number of halogens is 1. The smallest absolute Gasteiger partial charge is 0.122 e. The Kier molecular flexibility index (Phi) is 10.5. The van der Waals surface area contributed by atoms with Crippen LogP contribution in [0, 0.1) is 0 Å². The molecule has 0 spiro atoms. The fourth-order valence-corrected chi connectivity index (χ4v) is 2.26. The van der Waals surface area contributed by atoms with Crippen LogP contribution in [0.5, 0.6) is 5.75 Å². The van der Waals surface area contributed by atoms with Gasteiger partial charge in [-0.1, -0.05) is 45.9 Å². The van der Waals surface area contributed by atoms with Crippen molar-refractivity contribution in [1.29, 1.82) is 0 Å². The number of rotatable bonds is 9. The first-order valence-corrected chi connectivity index (χ1v) is 7.74. The molecule has 0 aliphatic heterocycles. The molecule has 0 aliphatic rings. The Balaban J connectivity index is 0.00000400. The number of hydrogen-bond acceptors (Lipinski definition) is 3. The molecule has 0 bridgehead atoms. The predicted molar refractivity (Wildman–Crippen MR) is 91.7 cm³/mol. The van der Waals surface area contributed by atoms with Gasteiger partial charge in [0.15, 0.2) is 0 Å². The van der Waals surface area contributed by atoms with Gasteiger partial charge in [-0.3, -0.25) is 0 Å². The number of ether oxygens (including phenoxy) is 1. The topological polar surface area (TPSA) is 32.7 Å². The van der Waals surface area contributed by atoms with Crippen LogP contribution in [-0.4, -0.2) is 42.4 Å². The van der Waals surface area contributed by atoms with Crippen LogP contribution in [0.2, 0.25) is 0 Å². The normalized spacial score (nSPS) is 13.6. The summed E-state index contributed by atoms with van der Waals surface area (Å²) in [6.07, 6.45) is 0.641. The Morgan fingerprint density at radius 3 is 2.33 bits per heavy atom. The SMILES string of the molecule is CCC(C)c1ccccc1OCC(O)CN(CC)CC.Cl.